The number of rotatable bonds is 4. The molecule has 2 atom stereocenters. The van der Waals surface area contributed by atoms with Gasteiger partial charge in [0.1, 0.15) is 12.4 Å². The fraction of sp³-hybridized carbons (Fsp3) is 0.273. The van der Waals surface area contributed by atoms with Gasteiger partial charge < -0.3 is 9.72 Å². The molecule has 0 amide bonds. The van der Waals surface area contributed by atoms with Crippen LogP contribution in [-0.2, 0) is 6.42 Å². The van der Waals surface area contributed by atoms with Crippen LogP contribution in [-0.4, -0.2) is 11.6 Å². The molecule has 2 aromatic carbocycles. The summed E-state index contributed by atoms with van der Waals surface area (Å²) in [5.41, 5.74) is 5.28. The van der Waals surface area contributed by atoms with Gasteiger partial charge in [0.05, 0.1) is 0 Å². The number of hydrogen-bond donors (Lipinski definition) is 1. The molecule has 3 heteroatoms. The highest BCUT2D eigenvalue weighted by Crippen LogP contribution is 2.43. The highest BCUT2D eigenvalue weighted by atomic mass is 35.5. The van der Waals surface area contributed by atoms with Crippen LogP contribution in [0.4, 0.5) is 0 Å². The quantitative estimate of drug-likeness (QED) is 0.564. The highest BCUT2D eigenvalue weighted by molar-refractivity contribution is 6.31. The van der Waals surface area contributed by atoms with E-state index in [0.717, 1.165) is 17.2 Å². The van der Waals surface area contributed by atoms with Crippen molar-refractivity contribution in [2.24, 2.45) is 5.92 Å². The first-order valence-electron chi connectivity index (χ1n) is 8.81. The van der Waals surface area contributed by atoms with Crippen molar-refractivity contribution in [3.8, 4) is 5.75 Å². The van der Waals surface area contributed by atoms with Crippen molar-refractivity contribution in [3.63, 3.8) is 0 Å². The molecular weight excluding hydrogens is 330 g/mol. The minimum atomic E-state index is 0.378. The van der Waals surface area contributed by atoms with E-state index in [1.54, 1.807) is 6.08 Å². The Morgan fingerprint density at radius 1 is 1.24 bits per heavy atom. The van der Waals surface area contributed by atoms with Crippen molar-refractivity contribution in [1.82, 2.24) is 4.98 Å². The molecule has 128 valence electrons. The lowest BCUT2D eigenvalue weighted by atomic mass is 9.75. The molecule has 0 aliphatic heterocycles. The molecule has 0 radical (unpaired) electrons. The highest BCUT2D eigenvalue weighted by Gasteiger charge is 2.30. The molecule has 0 fully saturated rings. The zero-order valence-corrected chi connectivity index (χ0v) is 15.1. The Morgan fingerprint density at radius 2 is 2.04 bits per heavy atom. The van der Waals surface area contributed by atoms with Crippen molar-refractivity contribution in [2.75, 3.05) is 6.61 Å². The number of hydrogen-bond acceptors (Lipinski definition) is 1. The van der Waals surface area contributed by atoms with Crippen LogP contribution in [0.3, 0.4) is 0 Å². The lowest BCUT2D eigenvalue weighted by Crippen LogP contribution is -2.19. The van der Waals surface area contributed by atoms with Crippen LogP contribution >= 0.6 is 11.6 Å². The average molecular weight is 352 g/mol. The van der Waals surface area contributed by atoms with Gasteiger partial charge >= 0.3 is 0 Å². The van der Waals surface area contributed by atoms with Crippen molar-refractivity contribution in [3.05, 3.63) is 77.0 Å². The van der Waals surface area contributed by atoms with Gasteiger partial charge in [-0.2, -0.15) is 0 Å². The molecule has 0 bridgehead atoms. The second-order valence-electron chi connectivity index (χ2n) is 6.87. The molecule has 0 spiro atoms. The third kappa shape index (κ3) is 2.96. The first-order chi connectivity index (χ1) is 12.2. The monoisotopic (exact) mass is 351 g/mol. The summed E-state index contributed by atoms with van der Waals surface area (Å²) in [4.78, 5) is 3.67. The number of fused-ring (bicyclic) bond motifs is 3. The van der Waals surface area contributed by atoms with Crippen LogP contribution in [0.2, 0.25) is 5.02 Å². The number of aromatic amines is 1. The maximum atomic E-state index is 6.22. The number of benzene rings is 2. The lowest BCUT2D eigenvalue weighted by Gasteiger charge is -2.30. The molecule has 1 aliphatic carbocycles. The number of ether oxygens (including phenoxy) is 1. The van der Waals surface area contributed by atoms with Gasteiger partial charge in [-0.1, -0.05) is 43.3 Å². The van der Waals surface area contributed by atoms with Gasteiger partial charge in [-0.05, 0) is 60.2 Å². The molecule has 1 aromatic heterocycles. The van der Waals surface area contributed by atoms with Gasteiger partial charge in [-0.25, -0.2) is 0 Å². The van der Waals surface area contributed by atoms with E-state index in [-0.39, 0.29) is 0 Å². The maximum absolute atomic E-state index is 6.22. The summed E-state index contributed by atoms with van der Waals surface area (Å²) in [6.07, 6.45) is 4.05. The Kier molecular flexibility index (Phi) is 4.30. The zero-order valence-electron chi connectivity index (χ0n) is 14.4. The molecule has 2 unspecified atom stereocenters. The Hall–Kier alpha value is -2.19. The molecule has 3 aromatic rings. The van der Waals surface area contributed by atoms with E-state index in [1.165, 1.54) is 34.1 Å². The van der Waals surface area contributed by atoms with Gasteiger partial charge in [0, 0.05) is 27.5 Å². The summed E-state index contributed by atoms with van der Waals surface area (Å²) < 4.78 is 5.61. The van der Waals surface area contributed by atoms with Crippen LogP contribution in [0, 0.1) is 5.92 Å². The van der Waals surface area contributed by atoms with Crippen molar-refractivity contribution in [1.29, 1.82) is 0 Å². The number of H-pyrrole nitrogens is 1. The van der Waals surface area contributed by atoms with Gasteiger partial charge in [-0.3, -0.25) is 0 Å². The molecule has 0 saturated heterocycles. The van der Waals surface area contributed by atoms with E-state index in [9.17, 15) is 0 Å². The number of aromatic nitrogens is 1. The molecular formula is C22H22ClNO. The fourth-order valence-electron chi connectivity index (χ4n) is 4.02. The SMILES string of the molecule is C=CCOc1ccc(C2c3[nH]c4ccc(Cl)cc4c3CCC2C)cc1. The number of aryl methyl sites for hydroxylation is 1. The number of halogens is 1. The van der Waals surface area contributed by atoms with Crippen LogP contribution in [0.1, 0.15) is 36.1 Å². The van der Waals surface area contributed by atoms with E-state index in [4.69, 9.17) is 16.3 Å². The minimum Gasteiger partial charge on any atom is -0.490 e. The smallest absolute Gasteiger partial charge is 0.119 e. The van der Waals surface area contributed by atoms with Gasteiger partial charge in [0.25, 0.3) is 0 Å². The first-order valence-corrected chi connectivity index (χ1v) is 9.19. The second-order valence-corrected chi connectivity index (χ2v) is 7.31. The van der Waals surface area contributed by atoms with E-state index in [1.807, 2.05) is 6.07 Å². The Balaban J connectivity index is 1.75. The molecule has 25 heavy (non-hydrogen) atoms. The largest absolute Gasteiger partial charge is 0.490 e. The third-order valence-corrected chi connectivity index (χ3v) is 5.47. The topological polar surface area (TPSA) is 25.0 Å². The van der Waals surface area contributed by atoms with Crippen molar-refractivity contribution in [2.45, 2.75) is 25.7 Å². The maximum Gasteiger partial charge on any atom is 0.119 e. The molecule has 2 nitrogen and oxygen atoms in total. The minimum absolute atomic E-state index is 0.378. The van der Waals surface area contributed by atoms with Crippen LogP contribution in [0.5, 0.6) is 5.75 Å². The van der Waals surface area contributed by atoms with Crippen LogP contribution in [0.25, 0.3) is 10.9 Å². The third-order valence-electron chi connectivity index (χ3n) is 5.24. The lowest BCUT2D eigenvalue weighted by molar-refractivity contribution is 0.362. The van der Waals surface area contributed by atoms with Crippen LogP contribution < -0.4 is 4.74 Å². The Morgan fingerprint density at radius 3 is 2.80 bits per heavy atom. The van der Waals surface area contributed by atoms with Crippen molar-refractivity contribution < 1.29 is 4.74 Å². The van der Waals surface area contributed by atoms with E-state index >= 15 is 0 Å². The van der Waals surface area contributed by atoms with E-state index in [0.29, 0.717) is 18.4 Å². The van der Waals surface area contributed by atoms with Crippen LogP contribution in [0.15, 0.2) is 55.1 Å². The normalized spacial score (nSPS) is 19.6. The predicted octanol–water partition coefficient (Wildman–Crippen LogP) is 6.10. The molecule has 1 heterocycles. The Bertz CT molecular complexity index is 910. The average Bonchev–Trinajstić information content (AvgIpc) is 2.98. The van der Waals surface area contributed by atoms with Gasteiger partial charge in [0.2, 0.25) is 0 Å². The zero-order chi connectivity index (χ0) is 17.4. The molecule has 1 aliphatic rings. The number of nitrogens with one attached hydrogen (secondary N) is 1. The summed E-state index contributed by atoms with van der Waals surface area (Å²) in [5.74, 6) is 1.86. The first kappa shape index (κ1) is 16.3. The predicted molar refractivity (Wildman–Crippen MR) is 105 cm³/mol. The second kappa shape index (κ2) is 6.61. The van der Waals surface area contributed by atoms with E-state index in [2.05, 4.69) is 54.9 Å². The summed E-state index contributed by atoms with van der Waals surface area (Å²) in [7, 11) is 0. The van der Waals surface area contributed by atoms with Gasteiger partial charge in [-0.15, -0.1) is 0 Å². The molecule has 0 saturated carbocycles. The standard InChI is InChI=1S/C22H22ClNO/c1-3-12-25-17-8-5-15(6-9-17)21-14(2)4-10-18-19-13-16(23)7-11-20(19)24-22(18)21/h3,5-9,11,13-14,21,24H,1,4,10,12H2,2H3. The molecule has 1 N–H and O–H groups in total. The summed E-state index contributed by atoms with van der Waals surface area (Å²) >= 11 is 6.22. The van der Waals surface area contributed by atoms with Gasteiger partial charge in [0.15, 0.2) is 0 Å². The van der Waals surface area contributed by atoms with E-state index < -0.39 is 0 Å². The summed E-state index contributed by atoms with van der Waals surface area (Å²) in [5, 5.41) is 2.07. The van der Waals surface area contributed by atoms with Crippen molar-refractivity contribution >= 4 is 22.5 Å². The Labute approximate surface area is 153 Å². The fourth-order valence-corrected chi connectivity index (χ4v) is 4.19. The summed E-state index contributed by atoms with van der Waals surface area (Å²) in [6, 6.07) is 14.6. The summed E-state index contributed by atoms with van der Waals surface area (Å²) in [6.45, 7) is 6.57. The molecule has 4 rings (SSSR count).